The lowest BCUT2D eigenvalue weighted by molar-refractivity contribution is 0.184. The smallest absolute Gasteiger partial charge is 0.191 e. The highest BCUT2D eigenvalue weighted by Gasteiger charge is 2.06. The average molecular weight is 260 g/mol. The van der Waals surface area contributed by atoms with Gasteiger partial charge < -0.3 is 14.5 Å². The minimum Gasteiger partial charge on any atom is -0.449 e. The Balaban J connectivity index is 2.06. The number of aromatic nitrogens is 1. The van der Waals surface area contributed by atoms with Crippen molar-refractivity contribution in [3.63, 3.8) is 0 Å². The molecular weight excluding hydrogens is 240 g/mol. The largest absolute Gasteiger partial charge is 0.449 e. The van der Waals surface area contributed by atoms with Crippen molar-refractivity contribution in [2.45, 2.75) is 26.3 Å². The fourth-order valence-corrected chi connectivity index (χ4v) is 1.93. The Bertz CT molecular complexity index is 505. The zero-order valence-electron chi connectivity index (χ0n) is 11.6. The zero-order valence-corrected chi connectivity index (χ0v) is 11.6. The predicted molar refractivity (Wildman–Crippen MR) is 76.3 cm³/mol. The van der Waals surface area contributed by atoms with E-state index in [4.69, 9.17) is 9.15 Å². The van der Waals surface area contributed by atoms with Gasteiger partial charge in [0.05, 0.1) is 6.61 Å². The number of oxazole rings is 1. The third-order valence-corrected chi connectivity index (χ3v) is 3.03. The molecule has 0 saturated heterocycles. The van der Waals surface area contributed by atoms with Gasteiger partial charge in [0.1, 0.15) is 12.0 Å². The fraction of sp³-hybridized carbons (Fsp3) is 0.400. The second-order valence-corrected chi connectivity index (χ2v) is 4.53. The SMILES string of the molecule is CCC(COC)Nc1ccc(-c2coc(C)n2)cc1. The second-order valence-electron chi connectivity index (χ2n) is 4.53. The maximum Gasteiger partial charge on any atom is 0.191 e. The van der Waals surface area contributed by atoms with Gasteiger partial charge in [-0.25, -0.2) is 4.98 Å². The molecule has 0 aliphatic rings. The average Bonchev–Trinajstić information content (AvgIpc) is 2.86. The number of hydrogen-bond donors (Lipinski definition) is 1. The molecule has 0 bridgehead atoms. The van der Waals surface area contributed by atoms with Crippen LogP contribution < -0.4 is 5.32 Å². The Morgan fingerprint density at radius 1 is 1.32 bits per heavy atom. The van der Waals surface area contributed by atoms with E-state index in [1.54, 1.807) is 13.4 Å². The van der Waals surface area contributed by atoms with Gasteiger partial charge in [-0.2, -0.15) is 0 Å². The molecule has 1 aromatic carbocycles. The Morgan fingerprint density at radius 3 is 2.58 bits per heavy atom. The molecule has 0 radical (unpaired) electrons. The molecule has 0 spiro atoms. The molecule has 1 aromatic heterocycles. The van der Waals surface area contributed by atoms with Crippen molar-refractivity contribution in [1.82, 2.24) is 4.98 Å². The maximum absolute atomic E-state index is 5.22. The van der Waals surface area contributed by atoms with Crippen LogP contribution in [0.2, 0.25) is 0 Å². The monoisotopic (exact) mass is 260 g/mol. The standard InChI is InChI=1S/C15H20N2O2/c1-4-13(9-18-3)17-14-7-5-12(6-8-14)15-10-19-11(2)16-15/h5-8,10,13,17H,4,9H2,1-3H3. The molecule has 0 fully saturated rings. The molecule has 2 aromatic rings. The van der Waals surface area contributed by atoms with Crippen LogP contribution >= 0.6 is 0 Å². The van der Waals surface area contributed by atoms with Crippen molar-refractivity contribution in [1.29, 1.82) is 0 Å². The first-order chi connectivity index (χ1) is 9.22. The van der Waals surface area contributed by atoms with E-state index in [1.807, 2.05) is 19.1 Å². The lowest BCUT2D eigenvalue weighted by Gasteiger charge is -2.17. The number of aryl methyl sites for hydroxylation is 1. The van der Waals surface area contributed by atoms with Gasteiger partial charge in [-0.05, 0) is 18.6 Å². The summed E-state index contributed by atoms with van der Waals surface area (Å²) in [6, 6.07) is 8.53. The predicted octanol–water partition coefficient (Wildman–Crippen LogP) is 3.49. The summed E-state index contributed by atoms with van der Waals surface area (Å²) in [4.78, 5) is 4.31. The molecule has 0 aliphatic heterocycles. The number of anilines is 1. The van der Waals surface area contributed by atoms with Crippen LogP contribution in [0.5, 0.6) is 0 Å². The number of nitrogens with zero attached hydrogens (tertiary/aromatic N) is 1. The Hall–Kier alpha value is -1.81. The van der Waals surface area contributed by atoms with Crippen LogP contribution in [-0.2, 0) is 4.74 Å². The van der Waals surface area contributed by atoms with E-state index in [9.17, 15) is 0 Å². The van der Waals surface area contributed by atoms with Crippen LogP contribution in [0, 0.1) is 6.92 Å². The van der Waals surface area contributed by atoms with Gasteiger partial charge in [0.15, 0.2) is 5.89 Å². The molecule has 1 N–H and O–H groups in total. The normalized spacial score (nSPS) is 12.4. The van der Waals surface area contributed by atoms with Crippen molar-refractivity contribution in [2.24, 2.45) is 0 Å². The van der Waals surface area contributed by atoms with Crippen molar-refractivity contribution >= 4 is 5.69 Å². The number of methoxy groups -OCH3 is 1. The summed E-state index contributed by atoms with van der Waals surface area (Å²) >= 11 is 0. The molecule has 19 heavy (non-hydrogen) atoms. The maximum atomic E-state index is 5.22. The van der Waals surface area contributed by atoms with Gasteiger partial charge in [-0.1, -0.05) is 19.1 Å². The van der Waals surface area contributed by atoms with Crippen molar-refractivity contribution in [3.05, 3.63) is 36.4 Å². The van der Waals surface area contributed by atoms with E-state index in [0.29, 0.717) is 18.5 Å². The highest BCUT2D eigenvalue weighted by molar-refractivity contribution is 5.61. The lowest BCUT2D eigenvalue weighted by atomic mass is 10.1. The molecule has 0 saturated carbocycles. The highest BCUT2D eigenvalue weighted by Crippen LogP contribution is 2.21. The minimum atomic E-state index is 0.338. The van der Waals surface area contributed by atoms with E-state index in [0.717, 1.165) is 23.4 Å². The number of ether oxygens (including phenoxy) is 1. The van der Waals surface area contributed by atoms with Gasteiger partial charge >= 0.3 is 0 Å². The quantitative estimate of drug-likeness (QED) is 0.863. The van der Waals surface area contributed by atoms with E-state index in [-0.39, 0.29) is 0 Å². The van der Waals surface area contributed by atoms with Crippen LogP contribution in [0.1, 0.15) is 19.2 Å². The van der Waals surface area contributed by atoms with Crippen LogP contribution in [0.25, 0.3) is 11.3 Å². The van der Waals surface area contributed by atoms with Gasteiger partial charge in [0.2, 0.25) is 0 Å². The van der Waals surface area contributed by atoms with Crippen molar-refractivity contribution < 1.29 is 9.15 Å². The third kappa shape index (κ3) is 3.58. The summed E-state index contributed by atoms with van der Waals surface area (Å²) in [5, 5.41) is 3.44. The Labute approximate surface area is 113 Å². The van der Waals surface area contributed by atoms with Crippen LogP contribution in [-0.4, -0.2) is 24.7 Å². The Kier molecular flexibility index (Phi) is 4.58. The summed E-state index contributed by atoms with van der Waals surface area (Å²) in [6.07, 6.45) is 2.70. The van der Waals surface area contributed by atoms with E-state index < -0.39 is 0 Å². The van der Waals surface area contributed by atoms with E-state index >= 15 is 0 Å². The first-order valence-electron chi connectivity index (χ1n) is 6.51. The summed E-state index contributed by atoms with van der Waals surface area (Å²) in [7, 11) is 1.72. The molecule has 1 unspecified atom stereocenters. The van der Waals surface area contributed by atoms with Crippen molar-refractivity contribution in [3.8, 4) is 11.3 Å². The van der Waals surface area contributed by atoms with Crippen molar-refractivity contribution in [2.75, 3.05) is 19.0 Å². The number of hydrogen-bond acceptors (Lipinski definition) is 4. The molecule has 4 nitrogen and oxygen atoms in total. The molecule has 1 heterocycles. The summed E-state index contributed by atoms with van der Waals surface area (Å²) < 4.78 is 10.4. The molecule has 0 amide bonds. The fourth-order valence-electron chi connectivity index (χ4n) is 1.93. The van der Waals surface area contributed by atoms with E-state index in [2.05, 4.69) is 29.4 Å². The topological polar surface area (TPSA) is 47.3 Å². The zero-order chi connectivity index (χ0) is 13.7. The summed E-state index contributed by atoms with van der Waals surface area (Å²) in [5.74, 6) is 0.684. The summed E-state index contributed by atoms with van der Waals surface area (Å²) in [6.45, 7) is 4.69. The molecule has 4 heteroatoms. The molecule has 102 valence electrons. The van der Waals surface area contributed by atoms with Crippen LogP contribution in [0.3, 0.4) is 0 Å². The van der Waals surface area contributed by atoms with Gasteiger partial charge in [-0.15, -0.1) is 0 Å². The third-order valence-electron chi connectivity index (χ3n) is 3.03. The number of benzene rings is 1. The summed E-state index contributed by atoms with van der Waals surface area (Å²) in [5.41, 5.74) is 3.02. The first-order valence-corrected chi connectivity index (χ1v) is 6.51. The molecule has 2 rings (SSSR count). The highest BCUT2D eigenvalue weighted by atomic mass is 16.5. The number of nitrogens with one attached hydrogen (secondary N) is 1. The second kappa shape index (κ2) is 6.38. The van der Waals surface area contributed by atoms with Crippen LogP contribution in [0.15, 0.2) is 34.9 Å². The minimum absolute atomic E-state index is 0.338. The van der Waals surface area contributed by atoms with Gasteiger partial charge in [0.25, 0.3) is 0 Å². The van der Waals surface area contributed by atoms with Gasteiger partial charge in [0, 0.05) is 31.3 Å². The van der Waals surface area contributed by atoms with Crippen LogP contribution in [0.4, 0.5) is 5.69 Å². The lowest BCUT2D eigenvalue weighted by Crippen LogP contribution is -2.23. The molecular formula is C15H20N2O2. The number of rotatable bonds is 6. The molecule has 0 aliphatic carbocycles. The van der Waals surface area contributed by atoms with E-state index in [1.165, 1.54) is 0 Å². The Morgan fingerprint density at radius 2 is 2.05 bits per heavy atom. The molecule has 1 atom stereocenters. The first kappa shape index (κ1) is 13.6. The van der Waals surface area contributed by atoms with Gasteiger partial charge in [-0.3, -0.25) is 0 Å².